The van der Waals surface area contributed by atoms with Gasteiger partial charge in [0, 0.05) is 22.0 Å². The fraction of sp³-hybridized carbons (Fsp3) is 0.190. The molecular formula is C21H20ClNO3S. The average Bonchev–Trinajstić information content (AvgIpc) is 2.64. The van der Waals surface area contributed by atoms with Gasteiger partial charge in [-0.05, 0) is 48.2 Å². The third-order valence-electron chi connectivity index (χ3n) is 4.28. The number of rotatable bonds is 6. The van der Waals surface area contributed by atoms with Crippen molar-refractivity contribution in [3.05, 3.63) is 75.7 Å². The molecule has 27 heavy (non-hydrogen) atoms. The lowest BCUT2D eigenvalue weighted by Crippen LogP contribution is -2.11. The molecule has 3 N–H and O–H groups in total. The predicted molar refractivity (Wildman–Crippen MR) is 111 cm³/mol. The molecular weight excluding hydrogens is 382 g/mol. The highest BCUT2D eigenvalue weighted by Crippen LogP contribution is 2.38. The fourth-order valence-electron chi connectivity index (χ4n) is 2.86. The molecule has 0 aliphatic heterocycles. The van der Waals surface area contributed by atoms with E-state index in [0.717, 1.165) is 21.2 Å². The van der Waals surface area contributed by atoms with E-state index >= 15 is 0 Å². The molecule has 1 aliphatic rings. The van der Waals surface area contributed by atoms with Crippen molar-refractivity contribution in [2.45, 2.75) is 18.2 Å². The summed E-state index contributed by atoms with van der Waals surface area (Å²) < 4.78 is 0. The lowest BCUT2D eigenvalue weighted by atomic mass is 9.95. The van der Waals surface area contributed by atoms with Gasteiger partial charge in [0.25, 0.3) is 0 Å². The van der Waals surface area contributed by atoms with Crippen LogP contribution < -0.4 is 5.32 Å². The van der Waals surface area contributed by atoms with Crippen LogP contribution in [-0.4, -0.2) is 22.7 Å². The summed E-state index contributed by atoms with van der Waals surface area (Å²) >= 11 is 7.93. The van der Waals surface area contributed by atoms with Crippen LogP contribution in [0.15, 0.2) is 70.0 Å². The monoisotopic (exact) mass is 401 g/mol. The molecule has 4 nitrogen and oxygen atoms in total. The standard InChI is InChI=1S/C21H20ClNO3S/c1-13-6-9-19(27-20-5-3-2-4-17(20)22)14(10-13)12-23-15-7-8-18(24)16(11-15)21(25)26/h2-9,11,13,23-24H,10,12H2,1H3,(H,25,26). The van der Waals surface area contributed by atoms with E-state index < -0.39 is 5.97 Å². The van der Waals surface area contributed by atoms with Crippen molar-refractivity contribution < 1.29 is 15.0 Å². The van der Waals surface area contributed by atoms with Gasteiger partial charge in [-0.25, -0.2) is 4.79 Å². The van der Waals surface area contributed by atoms with E-state index in [9.17, 15) is 9.90 Å². The largest absolute Gasteiger partial charge is 0.507 e. The van der Waals surface area contributed by atoms with Gasteiger partial charge in [-0.2, -0.15) is 0 Å². The first-order valence-corrected chi connectivity index (χ1v) is 9.76. The Morgan fingerprint density at radius 3 is 2.81 bits per heavy atom. The van der Waals surface area contributed by atoms with E-state index in [1.165, 1.54) is 17.7 Å². The number of halogens is 1. The number of carbonyl (C=O) groups is 1. The number of anilines is 1. The summed E-state index contributed by atoms with van der Waals surface area (Å²) in [5.41, 5.74) is 1.78. The first-order valence-electron chi connectivity index (χ1n) is 8.57. The van der Waals surface area contributed by atoms with Crippen molar-refractivity contribution in [3.8, 4) is 5.75 Å². The number of hydrogen-bond acceptors (Lipinski definition) is 4. The van der Waals surface area contributed by atoms with E-state index in [2.05, 4.69) is 24.4 Å². The summed E-state index contributed by atoms with van der Waals surface area (Å²) in [4.78, 5) is 13.3. The van der Waals surface area contributed by atoms with Crippen LogP contribution in [0.2, 0.25) is 5.02 Å². The summed E-state index contributed by atoms with van der Waals surface area (Å²) in [5.74, 6) is -0.956. The maximum absolute atomic E-state index is 11.2. The van der Waals surface area contributed by atoms with Gasteiger partial charge in [0.05, 0.1) is 5.02 Å². The number of aromatic hydroxyl groups is 1. The minimum absolute atomic E-state index is 0.114. The van der Waals surface area contributed by atoms with E-state index in [1.54, 1.807) is 17.8 Å². The molecule has 2 aromatic rings. The first-order chi connectivity index (χ1) is 12.9. The number of carboxylic acids is 1. The van der Waals surface area contributed by atoms with Crippen LogP contribution in [0, 0.1) is 5.92 Å². The average molecular weight is 402 g/mol. The van der Waals surface area contributed by atoms with Crippen molar-refractivity contribution in [1.82, 2.24) is 0 Å². The van der Waals surface area contributed by atoms with Gasteiger partial charge in [-0.1, -0.05) is 54.6 Å². The molecule has 0 radical (unpaired) electrons. The number of phenols is 1. The quantitative estimate of drug-likeness (QED) is 0.534. The Hall–Kier alpha value is -2.37. The maximum Gasteiger partial charge on any atom is 0.339 e. The number of allylic oxidation sites excluding steroid dienone is 2. The molecule has 1 aliphatic carbocycles. The lowest BCUT2D eigenvalue weighted by molar-refractivity contribution is 0.0694. The number of carboxylic acid groups (broad SMARTS) is 1. The SMILES string of the molecule is CC1C=CC(Sc2ccccc2Cl)=C(CNc2ccc(O)c(C(=O)O)c2)C1. The number of benzene rings is 2. The summed E-state index contributed by atoms with van der Waals surface area (Å²) in [6.07, 6.45) is 5.23. The Balaban J connectivity index is 1.80. The Bertz CT molecular complexity index is 923. The normalized spacial score (nSPS) is 16.4. The maximum atomic E-state index is 11.2. The third kappa shape index (κ3) is 4.87. The smallest absolute Gasteiger partial charge is 0.339 e. The van der Waals surface area contributed by atoms with Gasteiger partial charge in [0.2, 0.25) is 0 Å². The van der Waals surface area contributed by atoms with Gasteiger partial charge in [-0.3, -0.25) is 0 Å². The van der Waals surface area contributed by atoms with Crippen LogP contribution in [-0.2, 0) is 0 Å². The first kappa shape index (κ1) is 19.4. The molecule has 140 valence electrons. The molecule has 6 heteroatoms. The Labute approximate surface area is 167 Å². The highest BCUT2D eigenvalue weighted by molar-refractivity contribution is 8.03. The molecule has 1 unspecified atom stereocenters. The van der Waals surface area contributed by atoms with Gasteiger partial charge >= 0.3 is 5.97 Å². The molecule has 2 aromatic carbocycles. The van der Waals surface area contributed by atoms with Crippen molar-refractivity contribution in [1.29, 1.82) is 0 Å². The van der Waals surface area contributed by atoms with Gasteiger partial charge < -0.3 is 15.5 Å². The van der Waals surface area contributed by atoms with E-state index in [-0.39, 0.29) is 11.3 Å². The molecule has 0 saturated carbocycles. The molecule has 0 saturated heterocycles. The summed E-state index contributed by atoms with van der Waals surface area (Å²) in [5, 5.41) is 22.8. The zero-order valence-corrected chi connectivity index (χ0v) is 16.3. The van der Waals surface area contributed by atoms with Gasteiger partial charge in [0.15, 0.2) is 0 Å². The third-order valence-corrected chi connectivity index (χ3v) is 5.94. The van der Waals surface area contributed by atoms with Gasteiger partial charge in [0.1, 0.15) is 11.3 Å². The molecule has 0 heterocycles. The second-order valence-corrected chi connectivity index (χ2v) is 7.92. The van der Waals surface area contributed by atoms with Crippen molar-refractivity contribution in [3.63, 3.8) is 0 Å². The number of hydrogen-bond donors (Lipinski definition) is 3. The minimum atomic E-state index is -1.15. The van der Waals surface area contributed by atoms with Gasteiger partial charge in [-0.15, -0.1) is 0 Å². The van der Waals surface area contributed by atoms with Crippen molar-refractivity contribution in [2.24, 2.45) is 5.92 Å². The topological polar surface area (TPSA) is 69.6 Å². The summed E-state index contributed by atoms with van der Waals surface area (Å²) in [6.45, 7) is 2.75. The van der Waals surface area contributed by atoms with E-state index in [1.807, 2.05) is 24.3 Å². The number of nitrogens with one attached hydrogen (secondary N) is 1. The van der Waals surface area contributed by atoms with Crippen molar-refractivity contribution >= 4 is 35.0 Å². The second kappa shape index (κ2) is 8.55. The highest BCUT2D eigenvalue weighted by atomic mass is 35.5. The number of thioether (sulfide) groups is 1. The molecule has 0 aromatic heterocycles. The Morgan fingerprint density at radius 2 is 2.07 bits per heavy atom. The van der Waals surface area contributed by atoms with Crippen molar-refractivity contribution in [2.75, 3.05) is 11.9 Å². The molecule has 1 atom stereocenters. The van der Waals surface area contributed by atoms with Crippen LogP contribution in [0.5, 0.6) is 5.75 Å². The van der Waals surface area contributed by atoms with E-state index in [0.29, 0.717) is 18.2 Å². The van der Waals surface area contributed by atoms with Crippen LogP contribution in [0.4, 0.5) is 5.69 Å². The highest BCUT2D eigenvalue weighted by Gasteiger charge is 2.16. The second-order valence-electron chi connectivity index (χ2n) is 6.43. The summed E-state index contributed by atoms with van der Waals surface area (Å²) in [7, 11) is 0. The number of aromatic carboxylic acids is 1. The fourth-order valence-corrected chi connectivity index (χ4v) is 4.11. The molecule has 3 rings (SSSR count). The Kier molecular flexibility index (Phi) is 6.14. The van der Waals surface area contributed by atoms with Crippen LogP contribution >= 0.6 is 23.4 Å². The predicted octanol–water partition coefficient (Wildman–Crippen LogP) is 5.80. The van der Waals surface area contributed by atoms with Crippen LogP contribution in [0.25, 0.3) is 0 Å². The summed E-state index contributed by atoms with van der Waals surface area (Å²) in [6, 6.07) is 12.3. The molecule has 0 spiro atoms. The van der Waals surface area contributed by atoms with E-state index in [4.69, 9.17) is 16.7 Å². The van der Waals surface area contributed by atoms with Crippen LogP contribution in [0.1, 0.15) is 23.7 Å². The minimum Gasteiger partial charge on any atom is -0.507 e. The molecule has 0 fully saturated rings. The lowest BCUT2D eigenvalue weighted by Gasteiger charge is -2.21. The Morgan fingerprint density at radius 1 is 1.30 bits per heavy atom. The molecule has 0 amide bonds. The zero-order chi connectivity index (χ0) is 19.4. The molecule has 0 bridgehead atoms. The van der Waals surface area contributed by atoms with Crippen LogP contribution in [0.3, 0.4) is 0 Å². The zero-order valence-electron chi connectivity index (χ0n) is 14.8.